The van der Waals surface area contributed by atoms with Gasteiger partial charge in [0, 0.05) is 5.39 Å². The highest BCUT2D eigenvalue weighted by Gasteiger charge is 2.08. The number of hydrogen-bond acceptors (Lipinski definition) is 5. The Hall–Kier alpha value is -3.14. The zero-order valence-corrected chi connectivity index (χ0v) is 11.9. The van der Waals surface area contributed by atoms with E-state index in [0.29, 0.717) is 12.3 Å². The van der Waals surface area contributed by atoms with E-state index in [-0.39, 0.29) is 18.3 Å². The van der Waals surface area contributed by atoms with E-state index in [1.807, 2.05) is 37.3 Å². The van der Waals surface area contributed by atoms with Gasteiger partial charge in [-0.1, -0.05) is 11.6 Å². The van der Waals surface area contributed by atoms with Gasteiger partial charge >= 0.3 is 0 Å². The first kappa shape index (κ1) is 13.8. The third-order valence-corrected chi connectivity index (χ3v) is 3.12. The summed E-state index contributed by atoms with van der Waals surface area (Å²) in [6.45, 7) is 2.32. The number of aryl methyl sites for hydroxylation is 1. The second-order valence-corrected chi connectivity index (χ2v) is 4.91. The van der Waals surface area contributed by atoms with Crippen LogP contribution in [0.5, 0.6) is 0 Å². The quantitative estimate of drug-likeness (QED) is 0.787. The van der Waals surface area contributed by atoms with Crippen LogP contribution in [-0.2, 0) is 17.9 Å². The number of amides is 1. The summed E-state index contributed by atoms with van der Waals surface area (Å²) in [5, 5.41) is 16.2. The summed E-state index contributed by atoms with van der Waals surface area (Å²) in [6, 6.07) is 9.64. The van der Waals surface area contributed by atoms with Crippen molar-refractivity contribution in [3.8, 4) is 6.07 Å². The molecule has 0 atom stereocenters. The van der Waals surface area contributed by atoms with E-state index in [2.05, 4.69) is 15.4 Å². The molecule has 0 saturated heterocycles. The molecule has 0 unspecified atom stereocenters. The predicted molar refractivity (Wildman–Crippen MR) is 77.5 cm³/mol. The van der Waals surface area contributed by atoms with Gasteiger partial charge < -0.3 is 9.73 Å². The molecule has 0 aliphatic carbocycles. The van der Waals surface area contributed by atoms with Crippen LogP contribution in [0.2, 0.25) is 0 Å². The monoisotopic (exact) mass is 295 g/mol. The van der Waals surface area contributed by atoms with Crippen LogP contribution in [0.25, 0.3) is 11.0 Å². The van der Waals surface area contributed by atoms with E-state index in [0.717, 1.165) is 16.5 Å². The first-order valence-corrected chi connectivity index (χ1v) is 6.69. The lowest BCUT2D eigenvalue weighted by molar-refractivity contribution is -0.122. The SMILES string of the molecule is Cc1ccc2oc(CNC(=O)Cn3cnc(C#N)n3)cc2c1. The Balaban J connectivity index is 1.61. The molecule has 0 aliphatic heterocycles. The molecule has 7 nitrogen and oxygen atoms in total. The topological polar surface area (TPSA) is 96.7 Å². The molecule has 0 bridgehead atoms. The maximum atomic E-state index is 11.8. The Kier molecular flexibility index (Phi) is 3.58. The van der Waals surface area contributed by atoms with Crippen molar-refractivity contribution in [3.63, 3.8) is 0 Å². The number of nitrogens with zero attached hydrogens (tertiary/aromatic N) is 4. The third kappa shape index (κ3) is 2.96. The smallest absolute Gasteiger partial charge is 0.252 e. The Morgan fingerprint density at radius 2 is 2.32 bits per heavy atom. The van der Waals surface area contributed by atoms with Gasteiger partial charge in [-0.15, -0.1) is 5.10 Å². The van der Waals surface area contributed by atoms with E-state index < -0.39 is 0 Å². The number of nitrogens with one attached hydrogen (secondary N) is 1. The van der Waals surface area contributed by atoms with E-state index in [4.69, 9.17) is 9.68 Å². The summed E-state index contributed by atoms with van der Waals surface area (Å²) in [6.07, 6.45) is 1.35. The van der Waals surface area contributed by atoms with E-state index >= 15 is 0 Å². The lowest BCUT2D eigenvalue weighted by Crippen LogP contribution is -2.27. The maximum absolute atomic E-state index is 11.8. The molecule has 0 spiro atoms. The Labute approximate surface area is 126 Å². The standard InChI is InChI=1S/C15H13N5O2/c1-10-2-3-13-11(4-10)5-12(22-13)7-17-15(21)8-20-9-18-14(6-16)19-20/h2-5,9H,7-8H2,1H3,(H,17,21). The number of hydrogen-bond donors (Lipinski definition) is 1. The molecular formula is C15H13N5O2. The summed E-state index contributed by atoms with van der Waals surface area (Å²) < 4.78 is 6.97. The highest BCUT2D eigenvalue weighted by Crippen LogP contribution is 2.20. The first-order chi connectivity index (χ1) is 10.6. The van der Waals surface area contributed by atoms with Gasteiger partial charge in [0.1, 0.15) is 30.3 Å². The Bertz CT molecular complexity index is 872. The van der Waals surface area contributed by atoms with Crippen molar-refractivity contribution < 1.29 is 9.21 Å². The molecule has 0 aliphatic rings. The van der Waals surface area contributed by atoms with Crippen molar-refractivity contribution in [2.75, 3.05) is 0 Å². The Morgan fingerprint density at radius 1 is 1.45 bits per heavy atom. The predicted octanol–water partition coefficient (Wildman–Crippen LogP) is 1.52. The molecule has 1 amide bonds. The number of fused-ring (bicyclic) bond motifs is 1. The van der Waals surface area contributed by atoms with Crippen LogP contribution in [0.3, 0.4) is 0 Å². The summed E-state index contributed by atoms with van der Waals surface area (Å²) >= 11 is 0. The van der Waals surface area contributed by atoms with Crippen LogP contribution >= 0.6 is 0 Å². The van der Waals surface area contributed by atoms with Gasteiger partial charge in [0.25, 0.3) is 5.82 Å². The molecule has 0 fully saturated rings. The molecule has 1 N–H and O–H groups in total. The van der Waals surface area contributed by atoms with Crippen LogP contribution < -0.4 is 5.32 Å². The van der Waals surface area contributed by atoms with Gasteiger partial charge in [0.05, 0.1) is 6.54 Å². The molecule has 2 aromatic heterocycles. The molecule has 2 heterocycles. The van der Waals surface area contributed by atoms with Gasteiger partial charge in [-0.3, -0.25) is 4.79 Å². The average molecular weight is 295 g/mol. The summed E-state index contributed by atoms with van der Waals surface area (Å²) in [5.74, 6) is 0.497. The van der Waals surface area contributed by atoms with Crippen LogP contribution in [-0.4, -0.2) is 20.7 Å². The maximum Gasteiger partial charge on any atom is 0.252 e. The van der Waals surface area contributed by atoms with Crippen molar-refractivity contribution in [1.82, 2.24) is 20.1 Å². The number of furan rings is 1. The van der Waals surface area contributed by atoms with Gasteiger partial charge in [-0.05, 0) is 25.1 Å². The number of rotatable bonds is 4. The molecule has 0 radical (unpaired) electrons. The average Bonchev–Trinajstić information content (AvgIpc) is 3.10. The molecule has 1 aromatic carbocycles. The van der Waals surface area contributed by atoms with E-state index in [1.165, 1.54) is 11.0 Å². The zero-order chi connectivity index (χ0) is 15.5. The van der Waals surface area contributed by atoms with Gasteiger partial charge in [-0.25, -0.2) is 9.67 Å². The fourth-order valence-corrected chi connectivity index (χ4v) is 2.12. The number of carbonyl (C=O) groups excluding carboxylic acids is 1. The van der Waals surface area contributed by atoms with Crippen molar-refractivity contribution in [3.05, 3.63) is 47.7 Å². The fraction of sp³-hybridized carbons (Fsp3) is 0.200. The minimum atomic E-state index is -0.231. The van der Waals surface area contributed by atoms with E-state index in [1.54, 1.807) is 0 Å². The number of benzene rings is 1. The fourth-order valence-electron chi connectivity index (χ4n) is 2.12. The highest BCUT2D eigenvalue weighted by atomic mass is 16.3. The molecular weight excluding hydrogens is 282 g/mol. The summed E-state index contributed by atoms with van der Waals surface area (Å²) in [7, 11) is 0. The van der Waals surface area contributed by atoms with Crippen LogP contribution in [0, 0.1) is 18.3 Å². The third-order valence-electron chi connectivity index (χ3n) is 3.12. The second-order valence-electron chi connectivity index (χ2n) is 4.91. The van der Waals surface area contributed by atoms with E-state index in [9.17, 15) is 4.79 Å². The largest absolute Gasteiger partial charge is 0.459 e. The summed E-state index contributed by atoms with van der Waals surface area (Å²) in [5.41, 5.74) is 1.95. The van der Waals surface area contributed by atoms with Gasteiger partial charge in [0.15, 0.2) is 0 Å². The van der Waals surface area contributed by atoms with Crippen LogP contribution in [0.1, 0.15) is 17.1 Å². The zero-order valence-electron chi connectivity index (χ0n) is 11.9. The minimum Gasteiger partial charge on any atom is -0.459 e. The van der Waals surface area contributed by atoms with Crippen molar-refractivity contribution >= 4 is 16.9 Å². The molecule has 0 saturated carbocycles. The number of aromatic nitrogens is 3. The first-order valence-electron chi connectivity index (χ1n) is 6.69. The van der Waals surface area contributed by atoms with Crippen molar-refractivity contribution in [2.45, 2.75) is 20.0 Å². The Morgan fingerprint density at radius 3 is 3.09 bits per heavy atom. The highest BCUT2D eigenvalue weighted by molar-refractivity contribution is 5.79. The van der Waals surface area contributed by atoms with Gasteiger partial charge in [-0.2, -0.15) is 5.26 Å². The van der Waals surface area contributed by atoms with Crippen LogP contribution in [0.4, 0.5) is 0 Å². The van der Waals surface area contributed by atoms with Gasteiger partial charge in [0.2, 0.25) is 5.91 Å². The second kappa shape index (κ2) is 5.69. The molecule has 3 aromatic rings. The lowest BCUT2D eigenvalue weighted by atomic mass is 10.2. The van der Waals surface area contributed by atoms with Crippen LogP contribution in [0.15, 0.2) is 35.0 Å². The minimum absolute atomic E-state index is 0.00795. The molecule has 22 heavy (non-hydrogen) atoms. The van der Waals surface area contributed by atoms with Crippen molar-refractivity contribution in [1.29, 1.82) is 5.26 Å². The summed E-state index contributed by atoms with van der Waals surface area (Å²) in [4.78, 5) is 15.6. The number of nitriles is 1. The molecule has 3 rings (SSSR count). The van der Waals surface area contributed by atoms with Crippen molar-refractivity contribution in [2.24, 2.45) is 0 Å². The molecule has 7 heteroatoms. The lowest BCUT2D eigenvalue weighted by Gasteiger charge is -2.02. The molecule has 110 valence electrons. The normalized spacial score (nSPS) is 10.5. The number of carbonyl (C=O) groups is 1.